The average Bonchev–Trinajstić information content (AvgIpc) is 2.97. The molecule has 40 heavy (non-hydrogen) atoms. The second kappa shape index (κ2) is 14.9. The standard InChI is InChI=1S/C32H35BrCl2N2O3/c1-2-22-14-16-30(26(33)17-22)40-21-31(38)37(20-24-13-15-27(34)28(35)18-24)29(19-23-9-5-3-6-10-23)32(39)36-25-11-7-4-8-12-25/h3,5-6,9-10,13-18,25,29H,2,4,7-8,11-12,19-21H2,1H3,(H,36,39)/t29-/m1/s1. The molecule has 1 aliphatic rings. The number of aryl methyl sites for hydroxylation is 1. The Morgan fingerprint density at radius 2 is 1.68 bits per heavy atom. The molecule has 0 radical (unpaired) electrons. The summed E-state index contributed by atoms with van der Waals surface area (Å²) < 4.78 is 6.76. The van der Waals surface area contributed by atoms with Gasteiger partial charge in [-0.3, -0.25) is 9.59 Å². The van der Waals surface area contributed by atoms with Gasteiger partial charge in [-0.05, 0) is 76.1 Å². The Labute approximate surface area is 255 Å². The molecule has 0 aliphatic heterocycles. The maximum absolute atomic E-state index is 13.9. The molecule has 0 heterocycles. The Balaban J connectivity index is 1.63. The molecule has 5 nitrogen and oxygen atoms in total. The van der Waals surface area contributed by atoms with Gasteiger partial charge in [0.25, 0.3) is 5.91 Å². The summed E-state index contributed by atoms with van der Waals surface area (Å²) in [5.74, 6) is 0.126. The molecule has 4 rings (SSSR count). The monoisotopic (exact) mass is 644 g/mol. The van der Waals surface area contributed by atoms with Crippen molar-refractivity contribution in [2.45, 2.75) is 70.5 Å². The van der Waals surface area contributed by atoms with E-state index in [-0.39, 0.29) is 31.0 Å². The molecular weight excluding hydrogens is 611 g/mol. The lowest BCUT2D eigenvalue weighted by atomic mass is 9.94. The number of carbonyl (C=O) groups is 2. The zero-order chi connectivity index (χ0) is 28.5. The van der Waals surface area contributed by atoms with E-state index in [2.05, 4.69) is 28.2 Å². The lowest BCUT2D eigenvalue weighted by Gasteiger charge is -2.33. The summed E-state index contributed by atoms with van der Waals surface area (Å²) in [6, 6.07) is 20.3. The normalized spacial score (nSPS) is 14.4. The van der Waals surface area contributed by atoms with Crippen molar-refractivity contribution in [3.8, 4) is 5.75 Å². The Morgan fingerprint density at radius 1 is 0.950 bits per heavy atom. The van der Waals surface area contributed by atoms with Crippen LogP contribution in [0.25, 0.3) is 0 Å². The molecule has 0 bridgehead atoms. The maximum atomic E-state index is 13.9. The molecule has 8 heteroatoms. The van der Waals surface area contributed by atoms with E-state index in [1.807, 2.05) is 54.6 Å². The predicted octanol–water partition coefficient (Wildman–Crippen LogP) is 7.79. The second-order valence-electron chi connectivity index (χ2n) is 10.2. The predicted molar refractivity (Wildman–Crippen MR) is 165 cm³/mol. The van der Waals surface area contributed by atoms with Crippen LogP contribution in [-0.2, 0) is 29.0 Å². The Morgan fingerprint density at radius 3 is 2.35 bits per heavy atom. The van der Waals surface area contributed by atoms with E-state index >= 15 is 0 Å². The molecule has 1 atom stereocenters. The van der Waals surface area contributed by atoms with Crippen LogP contribution in [0.1, 0.15) is 55.7 Å². The minimum absolute atomic E-state index is 0.116. The van der Waals surface area contributed by atoms with Crippen molar-refractivity contribution in [2.24, 2.45) is 0 Å². The number of ether oxygens (including phenoxy) is 1. The zero-order valence-corrected chi connectivity index (χ0v) is 25.8. The molecule has 1 fully saturated rings. The van der Waals surface area contributed by atoms with Crippen molar-refractivity contribution in [1.82, 2.24) is 10.2 Å². The van der Waals surface area contributed by atoms with Crippen molar-refractivity contribution in [3.05, 3.63) is 97.9 Å². The van der Waals surface area contributed by atoms with Gasteiger partial charge in [0.15, 0.2) is 6.61 Å². The molecule has 1 N–H and O–H groups in total. The van der Waals surface area contributed by atoms with Crippen molar-refractivity contribution in [3.63, 3.8) is 0 Å². The van der Waals surface area contributed by atoms with Gasteiger partial charge in [-0.25, -0.2) is 0 Å². The first kappa shape index (κ1) is 30.4. The first-order valence-corrected chi connectivity index (χ1v) is 15.4. The van der Waals surface area contributed by atoms with E-state index in [0.717, 1.165) is 53.3 Å². The van der Waals surface area contributed by atoms with Crippen molar-refractivity contribution < 1.29 is 14.3 Å². The van der Waals surface area contributed by atoms with E-state index in [1.54, 1.807) is 17.0 Å². The lowest BCUT2D eigenvalue weighted by Crippen LogP contribution is -2.53. The molecule has 1 saturated carbocycles. The maximum Gasteiger partial charge on any atom is 0.261 e. The number of hydrogen-bond donors (Lipinski definition) is 1. The highest BCUT2D eigenvalue weighted by molar-refractivity contribution is 9.10. The number of rotatable bonds is 11. The molecule has 0 spiro atoms. The van der Waals surface area contributed by atoms with Gasteiger partial charge in [-0.2, -0.15) is 0 Å². The number of halogens is 3. The SMILES string of the molecule is CCc1ccc(OCC(=O)N(Cc2ccc(Cl)c(Cl)c2)[C@H](Cc2ccccc2)C(=O)NC2CCCCC2)c(Br)c1. The van der Waals surface area contributed by atoms with Crippen LogP contribution in [0.15, 0.2) is 71.2 Å². The van der Waals surface area contributed by atoms with E-state index < -0.39 is 6.04 Å². The summed E-state index contributed by atoms with van der Waals surface area (Å²) in [6.45, 7) is 2.05. The van der Waals surface area contributed by atoms with Crippen LogP contribution in [0.5, 0.6) is 5.75 Å². The largest absolute Gasteiger partial charge is 0.483 e. The third-order valence-electron chi connectivity index (χ3n) is 7.32. The fraction of sp³-hybridized carbons (Fsp3) is 0.375. The fourth-order valence-electron chi connectivity index (χ4n) is 5.04. The summed E-state index contributed by atoms with van der Waals surface area (Å²) in [7, 11) is 0. The first-order valence-electron chi connectivity index (χ1n) is 13.8. The number of nitrogens with one attached hydrogen (secondary N) is 1. The number of nitrogens with zero attached hydrogens (tertiary/aromatic N) is 1. The van der Waals surface area contributed by atoms with Crippen LogP contribution in [0, 0.1) is 0 Å². The van der Waals surface area contributed by atoms with Crippen LogP contribution in [-0.4, -0.2) is 35.4 Å². The van der Waals surface area contributed by atoms with Gasteiger partial charge in [-0.1, -0.05) is 91.9 Å². The molecule has 1 aliphatic carbocycles. The van der Waals surface area contributed by atoms with Gasteiger partial charge in [-0.15, -0.1) is 0 Å². The van der Waals surface area contributed by atoms with Crippen molar-refractivity contribution in [2.75, 3.05) is 6.61 Å². The molecule has 212 valence electrons. The summed E-state index contributed by atoms with van der Waals surface area (Å²) in [5.41, 5.74) is 2.91. The molecule has 0 aromatic heterocycles. The minimum Gasteiger partial charge on any atom is -0.483 e. The van der Waals surface area contributed by atoms with E-state index in [1.165, 1.54) is 6.42 Å². The zero-order valence-electron chi connectivity index (χ0n) is 22.7. The highest BCUT2D eigenvalue weighted by Gasteiger charge is 2.32. The average molecular weight is 646 g/mol. The summed E-state index contributed by atoms with van der Waals surface area (Å²) in [4.78, 5) is 29.4. The van der Waals surface area contributed by atoms with E-state index in [4.69, 9.17) is 27.9 Å². The molecule has 3 aromatic rings. The van der Waals surface area contributed by atoms with Gasteiger partial charge in [0.05, 0.1) is 14.5 Å². The van der Waals surface area contributed by atoms with Gasteiger partial charge >= 0.3 is 0 Å². The lowest BCUT2D eigenvalue weighted by molar-refractivity contribution is -0.143. The number of carbonyl (C=O) groups excluding carboxylic acids is 2. The molecule has 2 amide bonds. The number of amides is 2. The Bertz CT molecular complexity index is 1300. The molecule has 0 unspecified atom stereocenters. The molecule has 0 saturated heterocycles. The first-order chi connectivity index (χ1) is 19.3. The van der Waals surface area contributed by atoms with Crippen LogP contribution >= 0.6 is 39.1 Å². The van der Waals surface area contributed by atoms with Gasteiger partial charge in [0.2, 0.25) is 5.91 Å². The second-order valence-corrected chi connectivity index (χ2v) is 11.9. The topological polar surface area (TPSA) is 58.6 Å². The van der Waals surface area contributed by atoms with Crippen molar-refractivity contribution in [1.29, 1.82) is 0 Å². The summed E-state index contributed by atoms with van der Waals surface area (Å²) in [6.07, 6.45) is 6.56. The minimum atomic E-state index is -0.735. The quantitative estimate of drug-likeness (QED) is 0.232. The van der Waals surface area contributed by atoms with Crippen molar-refractivity contribution >= 4 is 50.9 Å². The van der Waals surface area contributed by atoms with E-state index in [0.29, 0.717) is 22.2 Å². The third kappa shape index (κ3) is 8.48. The third-order valence-corrected chi connectivity index (χ3v) is 8.67. The van der Waals surface area contributed by atoms with Gasteiger partial charge < -0.3 is 15.0 Å². The highest BCUT2D eigenvalue weighted by Crippen LogP contribution is 2.28. The van der Waals surface area contributed by atoms with E-state index in [9.17, 15) is 9.59 Å². The molecular formula is C32H35BrCl2N2O3. The molecule has 3 aromatic carbocycles. The van der Waals surface area contributed by atoms with Gasteiger partial charge in [0, 0.05) is 19.0 Å². The summed E-state index contributed by atoms with van der Waals surface area (Å²) >= 11 is 16.0. The number of hydrogen-bond acceptors (Lipinski definition) is 3. The van der Waals surface area contributed by atoms with Crippen LogP contribution in [0.4, 0.5) is 0 Å². The number of benzene rings is 3. The van der Waals surface area contributed by atoms with Crippen LogP contribution in [0.2, 0.25) is 10.0 Å². The summed E-state index contributed by atoms with van der Waals surface area (Å²) in [5, 5.41) is 4.08. The smallest absolute Gasteiger partial charge is 0.261 e. The van der Waals surface area contributed by atoms with Crippen LogP contribution in [0.3, 0.4) is 0 Å². The fourth-order valence-corrected chi connectivity index (χ4v) is 5.90. The highest BCUT2D eigenvalue weighted by atomic mass is 79.9. The Hall–Kier alpha value is -2.54. The van der Waals surface area contributed by atoms with Gasteiger partial charge in [0.1, 0.15) is 11.8 Å². The van der Waals surface area contributed by atoms with Crippen LogP contribution < -0.4 is 10.1 Å². The Kier molecular flexibility index (Phi) is 11.3.